The second kappa shape index (κ2) is 6.85. The Morgan fingerprint density at radius 1 is 1.30 bits per heavy atom. The van der Waals surface area contributed by atoms with Crippen LogP contribution in [0.25, 0.3) is 0 Å². The van der Waals surface area contributed by atoms with E-state index in [4.69, 9.17) is 10.5 Å². The van der Waals surface area contributed by atoms with Crippen molar-refractivity contribution in [3.05, 3.63) is 15.8 Å². The van der Waals surface area contributed by atoms with Crippen molar-refractivity contribution in [2.75, 3.05) is 32.8 Å². The fourth-order valence-electron chi connectivity index (χ4n) is 2.31. The van der Waals surface area contributed by atoms with Gasteiger partial charge in [-0.15, -0.1) is 11.3 Å². The summed E-state index contributed by atoms with van der Waals surface area (Å²) in [5.41, 5.74) is 5.20. The summed E-state index contributed by atoms with van der Waals surface area (Å²) in [5.74, 6) is -0.647. The number of piperazine rings is 1. The summed E-state index contributed by atoms with van der Waals surface area (Å²) >= 11 is 1.06. The number of aryl methyl sites for hydroxylation is 1. The first kappa shape index (κ1) is 17.7. The summed E-state index contributed by atoms with van der Waals surface area (Å²) in [6, 6.07) is 1.31. The van der Waals surface area contributed by atoms with Gasteiger partial charge in [0, 0.05) is 31.1 Å². The van der Waals surface area contributed by atoms with Crippen LogP contribution in [-0.2, 0) is 14.8 Å². The van der Waals surface area contributed by atoms with Gasteiger partial charge in [-0.1, -0.05) is 0 Å². The van der Waals surface area contributed by atoms with Crippen molar-refractivity contribution in [2.45, 2.75) is 18.7 Å². The minimum atomic E-state index is -3.71. The van der Waals surface area contributed by atoms with Crippen molar-refractivity contribution in [1.82, 2.24) is 9.21 Å². The van der Waals surface area contributed by atoms with Crippen molar-refractivity contribution in [2.24, 2.45) is 5.73 Å². The SMILES string of the molecule is CCOC(=O)N1CCN(S(=O)(=O)c2cc(C(N)=O)sc2C)CC1. The number of carbonyl (C=O) groups excluding carboxylic acids is 2. The van der Waals surface area contributed by atoms with Crippen LogP contribution < -0.4 is 5.73 Å². The molecule has 0 radical (unpaired) electrons. The maximum Gasteiger partial charge on any atom is 0.409 e. The Balaban J connectivity index is 2.13. The molecule has 128 valence electrons. The highest BCUT2D eigenvalue weighted by molar-refractivity contribution is 7.89. The number of nitrogens with zero attached hydrogens (tertiary/aromatic N) is 2. The molecule has 8 nitrogen and oxygen atoms in total. The molecule has 0 spiro atoms. The van der Waals surface area contributed by atoms with Crippen molar-refractivity contribution in [3.8, 4) is 0 Å². The number of sulfonamides is 1. The fourth-order valence-corrected chi connectivity index (χ4v) is 5.14. The molecule has 1 aliphatic heterocycles. The van der Waals surface area contributed by atoms with E-state index in [9.17, 15) is 18.0 Å². The Bertz CT molecular complexity index is 705. The summed E-state index contributed by atoms with van der Waals surface area (Å²) in [7, 11) is -3.71. The maximum atomic E-state index is 12.7. The predicted molar refractivity (Wildman–Crippen MR) is 84.9 cm³/mol. The van der Waals surface area contributed by atoms with E-state index in [-0.39, 0.29) is 42.6 Å². The lowest BCUT2D eigenvalue weighted by Gasteiger charge is -2.33. The number of hydrogen-bond donors (Lipinski definition) is 1. The van der Waals surface area contributed by atoms with Gasteiger partial charge in [0.15, 0.2) is 0 Å². The van der Waals surface area contributed by atoms with Gasteiger partial charge in [-0.2, -0.15) is 4.31 Å². The number of rotatable bonds is 4. The molecule has 1 aromatic heterocycles. The van der Waals surface area contributed by atoms with E-state index in [1.165, 1.54) is 15.3 Å². The van der Waals surface area contributed by atoms with E-state index >= 15 is 0 Å². The molecule has 2 rings (SSSR count). The molecule has 2 amide bonds. The molecule has 1 aromatic rings. The number of primary amides is 1. The second-order valence-electron chi connectivity index (χ2n) is 4.99. The van der Waals surface area contributed by atoms with E-state index in [1.54, 1.807) is 13.8 Å². The minimum absolute atomic E-state index is 0.0980. The summed E-state index contributed by atoms with van der Waals surface area (Å²) in [4.78, 5) is 25.2. The molecule has 1 fully saturated rings. The average molecular weight is 361 g/mol. The third kappa shape index (κ3) is 3.65. The summed E-state index contributed by atoms with van der Waals surface area (Å²) in [6.07, 6.45) is -0.438. The molecular formula is C13H19N3O5S2. The molecular weight excluding hydrogens is 342 g/mol. The second-order valence-corrected chi connectivity index (χ2v) is 8.15. The van der Waals surface area contributed by atoms with Gasteiger partial charge in [-0.05, 0) is 19.9 Å². The standard InChI is InChI=1S/C13H19N3O5S2/c1-3-21-13(18)15-4-6-16(7-5-15)23(19,20)11-8-10(12(14)17)22-9(11)2/h8H,3-7H2,1-2H3,(H2,14,17). The monoisotopic (exact) mass is 361 g/mol. The Kier molecular flexibility index (Phi) is 5.27. The van der Waals surface area contributed by atoms with Crippen LogP contribution in [0.3, 0.4) is 0 Å². The Morgan fingerprint density at radius 2 is 1.91 bits per heavy atom. The number of carbonyl (C=O) groups is 2. The zero-order chi connectivity index (χ0) is 17.2. The molecule has 10 heteroatoms. The Hall–Kier alpha value is -1.65. The quantitative estimate of drug-likeness (QED) is 0.845. The van der Waals surface area contributed by atoms with Crippen LogP contribution >= 0.6 is 11.3 Å². The molecule has 0 atom stereocenters. The molecule has 0 aliphatic carbocycles. The number of amides is 2. The number of thiophene rings is 1. The van der Waals surface area contributed by atoms with Crippen molar-refractivity contribution < 1.29 is 22.7 Å². The maximum absolute atomic E-state index is 12.7. The van der Waals surface area contributed by atoms with Crippen LogP contribution in [0.5, 0.6) is 0 Å². The summed E-state index contributed by atoms with van der Waals surface area (Å²) < 4.78 is 31.6. The topological polar surface area (TPSA) is 110 Å². The number of nitrogens with two attached hydrogens (primary N) is 1. The van der Waals surface area contributed by atoms with Gasteiger partial charge in [-0.3, -0.25) is 4.79 Å². The first-order valence-corrected chi connectivity index (χ1v) is 9.35. The third-order valence-electron chi connectivity index (χ3n) is 3.50. The van der Waals surface area contributed by atoms with Crippen LogP contribution in [0.2, 0.25) is 0 Å². The normalized spacial score (nSPS) is 16.3. The highest BCUT2D eigenvalue weighted by Gasteiger charge is 2.32. The lowest BCUT2D eigenvalue weighted by molar-refractivity contribution is 0.0933. The predicted octanol–water partition coefficient (Wildman–Crippen LogP) is 0.618. The first-order valence-electron chi connectivity index (χ1n) is 7.09. The van der Waals surface area contributed by atoms with Crippen LogP contribution in [0.4, 0.5) is 4.79 Å². The van der Waals surface area contributed by atoms with Gasteiger partial charge in [0.25, 0.3) is 5.91 Å². The van der Waals surface area contributed by atoms with E-state index in [0.717, 1.165) is 11.3 Å². The molecule has 0 saturated carbocycles. The highest BCUT2D eigenvalue weighted by atomic mass is 32.2. The molecule has 2 heterocycles. The van der Waals surface area contributed by atoms with Gasteiger partial charge < -0.3 is 15.4 Å². The van der Waals surface area contributed by atoms with Crippen LogP contribution in [0.15, 0.2) is 11.0 Å². The Labute approximate surface area is 138 Å². The highest BCUT2D eigenvalue weighted by Crippen LogP contribution is 2.28. The average Bonchev–Trinajstić information content (AvgIpc) is 2.90. The molecule has 0 unspecified atom stereocenters. The van der Waals surface area contributed by atoms with Gasteiger partial charge in [0.1, 0.15) is 0 Å². The van der Waals surface area contributed by atoms with Crippen molar-refractivity contribution in [3.63, 3.8) is 0 Å². The smallest absolute Gasteiger partial charge is 0.409 e. The van der Waals surface area contributed by atoms with Crippen molar-refractivity contribution >= 4 is 33.4 Å². The number of hydrogen-bond acceptors (Lipinski definition) is 6. The van der Waals surface area contributed by atoms with Crippen molar-refractivity contribution in [1.29, 1.82) is 0 Å². The van der Waals surface area contributed by atoms with Crippen LogP contribution in [0, 0.1) is 6.92 Å². The number of ether oxygens (including phenoxy) is 1. The van der Waals surface area contributed by atoms with E-state index in [1.807, 2.05) is 0 Å². The van der Waals surface area contributed by atoms with Gasteiger partial charge >= 0.3 is 6.09 Å². The first-order chi connectivity index (χ1) is 10.8. The molecule has 0 aromatic carbocycles. The summed E-state index contributed by atoms with van der Waals surface area (Å²) in [5, 5.41) is 0. The van der Waals surface area contributed by atoms with E-state index in [2.05, 4.69) is 0 Å². The molecule has 23 heavy (non-hydrogen) atoms. The zero-order valence-corrected chi connectivity index (χ0v) is 14.6. The molecule has 1 aliphatic rings. The third-order valence-corrected chi connectivity index (χ3v) is 6.72. The lowest BCUT2D eigenvalue weighted by Crippen LogP contribution is -2.50. The molecule has 2 N–H and O–H groups in total. The van der Waals surface area contributed by atoms with E-state index in [0.29, 0.717) is 4.88 Å². The summed E-state index contributed by atoms with van der Waals surface area (Å²) in [6.45, 7) is 4.53. The van der Waals surface area contributed by atoms with E-state index < -0.39 is 22.0 Å². The fraction of sp³-hybridized carbons (Fsp3) is 0.538. The largest absolute Gasteiger partial charge is 0.450 e. The molecule has 1 saturated heterocycles. The minimum Gasteiger partial charge on any atom is -0.450 e. The lowest BCUT2D eigenvalue weighted by atomic mass is 10.4. The van der Waals surface area contributed by atoms with Gasteiger partial charge in [0.2, 0.25) is 10.0 Å². The van der Waals surface area contributed by atoms with Gasteiger partial charge in [-0.25, -0.2) is 13.2 Å². The van der Waals surface area contributed by atoms with Crippen LogP contribution in [0.1, 0.15) is 21.5 Å². The molecule has 0 bridgehead atoms. The zero-order valence-electron chi connectivity index (χ0n) is 12.9. The van der Waals surface area contributed by atoms with Gasteiger partial charge in [0.05, 0.1) is 16.4 Å². The Morgan fingerprint density at radius 3 is 2.39 bits per heavy atom. The van der Waals surface area contributed by atoms with Crippen LogP contribution in [-0.4, -0.2) is 62.4 Å².